The molecule has 14 heavy (non-hydrogen) atoms. The quantitative estimate of drug-likeness (QED) is 0.693. The molecule has 0 aromatic rings. The van der Waals surface area contributed by atoms with Crippen LogP contribution in [-0.2, 0) is 4.74 Å². The molecule has 1 saturated heterocycles. The van der Waals surface area contributed by atoms with E-state index in [2.05, 4.69) is 39.6 Å². The first kappa shape index (κ1) is 12.0. The van der Waals surface area contributed by atoms with Crippen LogP contribution in [0.1, 0.15) is 47.0 Å². The van der Waals surface area contributed by atoms with E-state index in [1.807, 2.05) is 0 Å². The van der Waals surface area contributed by atoms with E-state index < -0.39 is 0 Å². The van der Waals surface area contributed by atoms with E-state index in [0.717, 1.165) is 6.42 Å². The zero-order valence-corrected chi connectivity index (χ0v) is 10.3. The molecule has 0 unspecified atom stereocenters. The molecule has 0 N–H and O–H groups in total. The van der Waals surface area contributed by atoms with Gasteiger partial charge in [-0.2, -0.15) is 0 Å². The SMILES string of the molecule is CC[C@H](OC(C)(C)C)[C@H]1CCCN1C. The molecule has 0 aliphatic carbocycles. The Hall–Kier alpha value is -0.0800. The van der Waals surface area contributed by atoms with E-state index >= 15 is 0 Å². The van der Waals surface area contributed by atoms with Crippen molar-refractivity contribution < 1.29 is 4.74 Å². The number of hydrogen-bond donors (Lipinski definition) is 0. The first-order valence-electron chi connectivity index (χ1n) is 5.82. The lowest BCUT2D eigenvalue weighted by Crippen LogP contribution is -2.41. The fourth-order valence-electron chi connectivity index (χ4n) is 2.29. The predicted octanol–water partition coefficient (Wildman–Crippen LogP) is 2.67. The minimum Gasteiger partial charge on any atom is -0.371 e. The van der Waals surface area contributed by atoms with Gasteiger partial charge in [-0.15, -0.1) is 0 Å². The van der Waals surface area contributed by atoms with Crippen LogP contribution < -0.4 is 0 Å². The van der Waals surface area contributed by atoms with Crippen LogP contribution in [0.3, 0.4) is 0 Å². The van der Waals surface area contributed by atoms with Crippen LogP contribution in [0.15, 0.2) is 0 Å². The second kappa shape index (κ2) is 4.63. The van der Waals surface area contributed by atoms with Crippen LogP contribution in [0.2, 0.25) is 0 Å². The van der Waals surface area contributed by atoms with Crippen molar-refractivity contribution in [2.45, 2.75) is 64.7 Å². The zero-order chi connectivity index (χ0) is 10.8. The fourth-order valence-corrected chi connectivity index (χ4v) is 2.29. The van der Waals surface area contributed by atoms with Gasteiger partial charge in [0.2, 0.25) is 0 Å². The highest BCUT2D eigenvalue weighted by Crippen LogP contribution is 2.25. The van der Waals surface area contributed by atoms with Crippen molar-refractivity contribution in [2.24, 2.45) is 0 Å². The molecule has 0 amide bonds. The lowest BCUT2D eigenvalue weighted by Gasteiger charge is -2.34. The summed E-state index contributed by atoms with van der Waals surface area (Å²) in [5.41, 5.74) is -0.00981. The maximum Gasteiger partial charge on any atom is 0.0734 e. The first-order chi connectivity index (χ1) is 6.44. The van der Waals surface area contributed by atoms with Crippen molar-refractivity contribution in [3.63, 3.8) is 0 Å². The molecule has 2 nitrogen and oxygen atoms in total. The third kappa shape index (κ3) is 3.25. The molecule has 0 bridgehead atoms. The molecule has 0 aromatic heterocycles. The van der Waals surface area contributed by atoms with Gasteiger partial charge in [-0.05, 0) is 53.6 Å². The van der Waals surface area contributed by atoms with Gasteiger partial charge in [0.1, 0.15) is 0 Å². The maximum absolute atomic E-state index is 6.10. The van der Waals surface area contributed by atoms with Crippen molar-refractivity contribution >= 4 is 0 Å². The van der Waals surface area contributed by atoms with E-state index in [9.17, 15) is 0 Å². The monoisotopic (exact) mass is 199 g/mol. The Morgan fingerprint density at radius 1 is 1.43 bits per heavy atom. The second-order valence-electron chi connectivity index (χ2n) is 5.37. The summed E-state index contributed by atoms with van der Waals surface area (Å²) >= 11 is 0. The second-order valence-corrected chi connectivity index (χ2v) is 5.37. The summed E-state index contributed by atoms with van der Waals surface area (Å²) in [6.45, 7) is 9.89. The summed E-state index contributed by atoms with van der Waals surface area (Å²) in [4.78, 5) is 2.44. The molecule has 1 heterocycles. The van der Waals surface area contributed by atoms with Gasteiger partial charge in [0.25, 0.3) is 0 Å². The molecule has 0 saturated carbocycles. The van der Waals surface area contributed by atoms with Crippen molar-refractivity contribution in [3.8, 4) is 0 Å². The topological polar surface area (TPSA) is 12.5 Å². The molecule has 84 valence electrons. The number of likely N-dealkylation sites (tertiary alicyclic amines) is 1. The van der Waals surface area contributed by atoms with Gasteiger partial charge in [-0.1, -0.05) is 6.92 Å². The van der Waals surface area contributed by atoms with Gasteiger partial charge in [-0.3, -0.25) is 0 Å². The highest BCUT2D eigenvalue weighted by Gasteiger charge is 2.31. The molecule has 0 radical (unpaired) electrons. The molecule has 2 atom stereocenters. The number of rotatable bonds is 3. The van der Waals surface area contributed by atoms with Gasteiger partial charge in [0, 0.05) is 6.04 Å². The largest absolute Gasteiger partial charge is 0.371 e. The Morgan fingerprint density at radius 2 is 2.07 bits per heavy atom. The van der Waals surface area contributed by atoms with Crippen molar-refractivity contribution in [2.75, 3.05) is 13.6 Å². The summed E-state index contributed by atoms with van der Waals surface area (Å²) in [5.74, 6) is 0. The summed E-state index contributed by atoms with van der Waals surface area (Å²) in [5, 5.41) is 0. The number of nitrogens with zero attached hydrogens (tertiary/aromatic N) is 1. The molecule has 0 aromatic carbocycles. The summed E-state index contributed by atoms with van der Waals surface area (Å²) < 4.78 is 6.10. The van der Waals surface area contributed by atoms with Gasteiger partial charge in [0.15, 0.2) is 0 Å². The Labute approximate surface area is 88.6 Å². The number of hydrogen-bond acceptors (Lipinski definition) is 2. The average molecular weight is 199 g/mol. The van der Waals surface area contributed by atoms with E-state index in [1.54, 1.807) is 0 Å². The standard InChI is InChI=1S/C12H25NO/c1-6-11(14-12(2,3)4)10-8-7-9-13(10)5/h10-11H,6-9H2,1-5H3/t10-,11+/m1/s1. The maximum atomic E-state index is 6.10. The van der Waals surface area contributed by atoms with E-state index in [1.165, 1.54) is 19.4 Å². The minimum atomic E-state index is -0.00981. The highest BCUT2D eigenvalue weighted by atomic mass is 16.5. The lowest BCUT2D eigenvalue weighted by molar-refractivity contribution is -0.0877. The van der Waals surface area contributed by atoms with E-state index in [4.69, 9.17) is 4.74 Å². The number of likely N-dealkylation sites (N-methyl/N-ethyl adjacent to an activating group) is 1. The molecule has 0 spiro atoms. The third-order valence-corrected chi connectivity index (χ3v) is 2.91. The van der Waals surface area contributed by atoms with Gasteiger partial charge in [0.05, 0.1) is 11.7 Å². The molecule has 1 aliphatic heterocycles. The highest BCUT2D eigenvalue weighted by molar-refractivity contribution is 4.84. The van der Waals surface area contributed by atoms with Crippen molar-refractivity contribution in [1.82, 2.24) is 4.90 Å². The summed E-state index contributed by atoms with van der Waals surface area (Å²) in [6.07, 6.45) is 4.14. The Bertz CT molecular complexity index is 174. The van der Waals surface area contributed by atoms with Crippen LogP contribution >= 0.6 is 0 Å². The van der Waals surface area contributed by atoms with Crippen LogP contribution in [0.5, 0.6) is 0 Å². The minimum absolute atomic E-state index is 0.00981. The molecule has 1 aliphatic rings. The van der Waals surface area contributed by atoms with Crippen molar-refractivity contribution in [1.29, 1.82) is 0 Å². The van der Waals surface area contributed by atoms with Crippen LogP contribution in [0.25, 0.3) is 0 Å². The Kier molecular flexibility index (Phi) is 3.96. The van der Waals surface area contributed by atoms with Gasteiger partial charge >= 0.3 is 0 Å². The molecular weight excluding hydrogens is 174 g/mol. The average Bonchev–Trinajstić information content (AvgIpc) is 2.45. The van der Waals surface area contributed by atoms with Crippen LogP contribution in [-0.4, -0.2) is 36.2 Å². The fraction of sp³-hybridized carbons (Fsp3) is 1.00. The zero-order valence-electron chi connectivity index (χ0n) is 10.3. The van der Waals surface area contributed by atoms with Crippen LogP contribution in [0, 0.1) is 0 Å². The lowest BCUT2D eigenvalue weighted by atomic mass is 10.0. The Morgan fingerprint density at radius 3 is 2.43 bits per heavy atom. The van der Waals surface area contributed by atoms with Crippen molar-refractivity contribution in [3.05, 3.63) is 0 Å². The predicted molar refractivity (Wildman–Crippen MR) is 60.6 cm³/mol. The molecule has 2 heteroatoms. The normalized spacial score (nSPS) is 26.8. The molecule has 1 rings (SSSR count). The summed E-state index contributed by atoms with van der Waals surface area (Å²) in [7, 11) is 2.21. The summed E-state index contributed by atoms with van der Waals surface area (Å²) in [6, 6.07) is 0.638. The van der Waals surface area contributed by atoms with E-state index in [0.29, 0.717) is 12.1 Å². The smallest absolute Gasteiger partial charge is 0.0734 e. The number of ether oxygens (including phenoxy) is 1. The van der Waals surface area contributed by atoms with Crippen LogP contribution in [0.4, 0.5) is 0 Å². The van der Waals surface area contributed by atoms with Gasteiger partial charge < -0.3 is 9.64 Å². The first-order valence-corrected chi connectivity index (χ1v) is 5.82. The van der Waals surface area contributed by atoms with E-state index in [-0.39, 0.29) is 5.60 Å². The third-order valence-electron chi connectivity index (χ3n) is 2.91. The van der Waals surface area contributed by atoms with Gasteiger partial charge in [-0.25, -0.2) is 0 Å². The molecular formula is C12H25NO. The molecule has 1 fully saturated rings. The Balaban J connectivity index is 2.53.